The minimum atomic E-state index is -0.869. The normalized spacial score (nSPS) is 13.2. The fraction of sp³-hybridized carbons (Fsp3) is 0.750. The van der Waals surface area contributed by atoms with Gasteiger partial charge in [-0.05, 0) is 26.2 Å². The highest BCUT2D eigenvalue weighted by molar-refractivity contribution is 5.79. The van der Waals surface area contributed by atoms with Crippen LogP contribution in [0, 0.1) is 0 Å². The minimum absolute atomic E-state index is 0.177. The minimum Gasteiger partial charge on any atom is -0.478 e. The summed E-state index contributed by atoms with van der Waals surface area (Å²) in [5, 5.41) is 17.3. The zero-order valence-electron chi connectivity index (χ0n) is 9.48. The van der Waals surface area contributed by atoms with Gasteiger partial charge in [-0.25, -0.2) is 4.79 Å². The van der Waals surface area contributed by atoms with Gasteiger partial charge in [0.15, 0.2) is 0 Å². The predicted octanol–water partition coefficient (Wildman–Crippen LogP) is 2.74. The number of carboxylic acid groups (broad SMARTS) is 1. The molecule has 15 heavy (non-hydrogen) atoms. The molecular weight excluding hydrogens is 192 g/mol. The van der Waals surface area contributed by atoms with Crippen LogP contribution in [0.2, 0.25) is 0 Å². The predicted molar refractivity (Wildman–Crippen MR) is 60.8 cm³/mol. The molecule has 0 heterocycles. The van der Waals surface area contributed by atoms with Gasteiger partial charge in [0, 0.05) is 6.08 Å². The fourth-order valence-corrected chi connectivity index (χ4v) is 1.42. The Kier molecular flexibility index (Phi) is 9.18. The average molecular weight is 214 g/mol. The van der Waals surface area contributed by atoms with E-state index in [1.807, 2.05) is 6.92 Å². The number of aliphatic hydroxyl groups excluding tert-OH is 1. The number of rotatable bonds is 9. The number of carbonyl (C=O) groups is 1. The smallest absolute Gasteiger partial charge is 0.327 e. The molecule has 1 unspecified atom stereocenters. The van der Waals surface area contributed by atoms with Crippen molar-refractivity contribution in [1.29, 1.82) is 0 Å². The van der Waals surface area contributed by atoms with Crippen molar-refractivity contribution in [3.05, 3.63) is 12.2 Å². The number of allylic oxidation sites excluding steroid dienone is 1. The van der Waals surface area contributed by atoms with E-state index in [-0.39, 0.29) is 6.10 Å². The highest BCUT2D eigenvalue weighted by Crippen LogP contribution is 2.08. The molecule has 0 aromatic rings. The Morgan fingerprint density at radius 3 is 2.40 bits per heavy atom. The van der Waals surface area contributed by atoms with Crippen LogP contribution in [0.1, 0.15) is 51.9 Å². The summed E-state index contributed by atoms with van der Waals surface area (Å²) in [6.07, 6.45) is 10.1. The Morgan fingerprint density at radius 1 is 1.20 bits per heavy atom. The Hall–Kier alpha value is -0.830. The van der Waals surface area contributed by atoms with Crippen molar-refractivity contribution >= 4 is 5.97 Å². The second-order valence-corrected chi connectivity index (χ2v) is 3.93. The topological polar surface area (TPSA) is 57.5 Å². The van der Waals surface area contributed by atoms with Crippen molar-refractivity contribution in [2.45, 2.75) is 58.0 Å². The summed E-state index contributed by atoms with van der Waals surface area (Å²) in [6.45, 7) is 1.82. The molecule has 0 aromatic carbocycles. The van der Waals surface area contributed by atoms with Crippen molar-refractivity contribution in [3.8, 4) is 0 Å². The maximum atomic E-state index is 10.1. The van der Waals surface area contributed by atoms with Crippen LogP contribution in [0.15, 0.2) is 12.2 Å². The van der Waals surface area contributed by atoms with Gasteiger partial charge in [-0.1, -0.05) is 31.8 Å². The molecule has 0 aliphatic heterocycles. The summed E-state index contributed by atoms with van der Waals surface area (Å²) in [6, 6.07) is 0. The largest absolute Gasteiger partial charge is 0.478 e. The third kappa shape index (κ3) is 13.2. The van der Waals surface area contributed by atoms with Gasteiger partial charge in [-0.2, -0.15) is 0 Å². The highest BCUT2D eigenvalue weighted by Gasteiger charge is 1.95. The molecule has 0 bridgehead atoms. The van der Waals surface area contributed by atoms with Crippen LogP contribution < -0.4 is 0 Å². The van der Waals surface area contributed by atoms with Crippen LogP contribution in [0.5, 0.6) is 0 Å². The van der Waals surface area contributed by atoms with Crippen LogP contribution in [-0.2, 0) is 4.79 Å². The first kappa shape index (κ1) is 14.2. The van der Waals surface area contributed by atoms with Gasteiger partial charge < -0.3 is 10.2 Å². The van der Waals surface area contributed by atoms with E-state index in [1.165, 1.54) is 12.5 Å². The van der Waals surface area contributed by atoms with E-state index in [0.717, 1.165) is 38.5 Å². The molecule has 0 rings (SSSR count). The summed E-state index contributed by atoms with van der Waals surface area (Å²) < 4.78 is 0. The molecule has 0 aromatic heterocycles. The van der Waals surface area contributed by atoms with Crippen LogP contribution in [0.3, 0.4) is 0 Å². The quantitative estimate of drug-likeness (QED) is 0.458. The summed E-state index contributed by atoms with van der Waals surface area (Å²) in [5.74, 6) is -0.869. The van der Waals surface area contributed by atoms with Crippen molar-refractivity contribution in [2.24, 2.45) is 0 Å². The number of unbranched alkanes of at least 4 members (excludes halogenated alkanes) is 5. The second kappa shape index (κ2) is 9.71. The second-order valence-electron chi connectivity index (χ2n) is 3.93. The SMILES string of the molecule is CC(O)CCCCCCCC=CC(=O)O. The Morgan fingerprint density at radius 2 is 1.80 bits per heavy atom. The molecule has 0 saturated carbocycles. The van der Waals surface area contributed by atoms with Crippen molar-refractivity contribution in [1.82, 2.24) is 0 Å². The molecule has 2 N–H and O–H groups in total. The summed E-state index contributed by atoms with van der Waals surface area (Å²) in [7, 11) is 0. The fourth-order valence-electron chi connectivity index (χ4n) is 1.42. The van der Waals surface area contributed by atoms with Gasteiger partial charge in [-0.3, -0.25) is 0 Å². The lowest BCUT2D eigenvalue weighted by Crippen LogP contribution is -1.98. The summed E-state index contributed by atoms with van der Waals surface area (Å²) in [4.78, 5) is 10.1. The Balaban J connectivity index is 3.08. The van der Waals surface area contributed by atoms with Gasteiger partial charge in [-0.15, -0.1) is 0 Å². The van der Waals surface area contributed by atoms with Gasteiger partial charge in [0.1, 0.15) is 0 Å². The lowest BCUT2D eigenvalue weighted by molar-refractivity contribution is -0.131. The Labute approximate surface area is 91.8 Å². The standard InChI is InChI=1S/C12H22O3/c1-11(13)9-7-5-3-2-4-6-8-10-12(14)15/h8,10-11,13H,2-7,9H2,1H3,(H,14,15). The summed E-state index contributed by atoms with van der Waals surface area (Å²) >= 11 is 0. The summed E-state index contributed by atoms with van der Waals surface area (Å²) in [5.41, 5.74) is 0. The van der Waals surface area contributed by atoms with Crippen LogP contribution >= 0.6 is 0 Å². The Bertz CT molecular complexity index is 185. The number of carboxylic acids is 1. The number of hydrogen-bond donors (Lipinski definition) is 2. The van der Waals surface area contributed by atoms with Crippen molar-refractivity contribution in [3.63, 3.8) is 0 Å². The van der Waals surface area contributed by atoms with Gasteiger partial charge in [0.2, 0.25) is 0 Å². The molecule has 88 valence electrons. The molecule has 3 heteroatoms. The molecule has 0 spiro atoms. The molecule has 0 radical (unpaired) electrons. The van der Waals surface area contributed by atoms with E-state index >= 15 is 0 Å². The highest BCUT2D eigenvalue weighted by atomic mass is 16.4. The van der Waals surface area contributed by atoms with E-state index in [2.05, 4.69) is 0 Å². The first-order chi connectivity index (χ1) is 7.13. The van der Waals surface area contributed by atoms with E-state index in [9.17, 15) is 4.79 Å². The molecule has 0 aliphatic carbocycles. The number of aliphatic hydroxyl groups is 1. The molecule has 0 aliphatic rings. The first-order valence-corrected chi connectivity index (χ1v) is 5.70. The van der Waals surface area contributed by atoms with Crippen LogP contribution in [-0.4, -0.2) is 22.3 Å². The third-order valence-electron chi connectivity index (χ3n) is 2.25. The van der Waals surface area contributed by atoms with E-state index in [0.29, 0.717) is 0 Å². The van der Waals surface area contributed by atoms with Gasteiger partial charge in [0.25, 0.3) is 0 Å². The molecular formula is C12H22O3. The zero-order valence-corrected chi connectivity index (χ0v) is 9.48. The van der Waals surface area contributed by atoms with Crippen LogP contribution in [0.4, 0.5) is 0 Å². The van der Waals surface area contributed by atoms with E-state index < -0.39 is 5.97 Å². The molecule has 0 fully saturated rings. The first-order valence-electron chi connectivity index (χ1n) is 5.70. The number of aliphatic carboxylic acids is 1. The van der Waals surface area contributed by atoms with Crippen molar-refractivity contribution in [2.75, 3.05) is 0 Å². The number of hydrogen-bond acceptors (Lipinski definition) is 2. The van der Waals surface area contributed by atoms with Gasteiger partial charge >= 0.3 is 5.97 Å². The third-order valence-corrected chi connectivity index (χ3v) is 2.25. The van der Waals surface area contributed by atoms with Gasteiger partial charge in [0.05, 0.1) is 6.10 Å². The van der Waals surface area contributed by atoms with Crippen LogP contribution in [0.25, 0.3) is 0 Å². The van der Waals surface area contributed by atoms with E-state index in [1.54, 1.807) is 6.08 Å². The van der Waals surface area contributed by atoms with E-state index in [4.69, 9.17) is 10.2 Å². The molecule has 0 amide bonds. The monoisotopic (exact) mass is 214 g/mol. The maximum Gasteiger partial charge on any atom is 0.327 e. The maximum absolute atomic E-state index is 10.1. The molecule has 1 atom stereocenters. The van der Waals surface area contributed by atoms with Crippen molar-refractivity contribution < 1.29 is 15.0 Å². The molecule has 0 saturated heterocycles. The lowest BCUT2D eigenvalue weighted by atomic mass is 10.1. The average Bonchev–Trinajstić information content (AvgIpc) is 2.14. The molecule has 3 nitrogen and oxygen atoms in total. The lowest BCUT2D eigenvalue weighted by Gasteiger charge is -2.02. The zero-order chi connectivity index (χ0) is 11.5.